The molecule has 0 fully saturated rings. The molecule has 0 unspecified atom stereocenters. The SMILES string of the molecule is Nc1cccc2c1CCN(CCSc1ccccc1F)C2. The van der Waals surface area contributed by atoms with Gasteiger partial charge >= 0.3 is 0 Å². The summed E-state index contributed by atoms with van der Waals surface area (Å²) in [4.78, 5) is 3.15. The molecular formula is C17H19FN2S. The van der Waals surface area contributed by atoms with Crippen molar-refractivity contribution in [3.8, 4) is 0 Å². The number of nitrogen functional groups attached to an aromatic ring is 1. The molecule has 2 aromatic carbocycles. The molecule has 1 heterocycles. The highest BCUT2D eigenvalue weighted by molar-refractivity contribution is 7.99. The van der Waals surface area contributed by atoms with E-state index in [1.165, 1.54) is 17.2 Å². The zero-order chi connectivity index (χ0) is 14.7. The molecule has 0 amide bonds. The lowest BCUT2D eigenvalue weighted by atomic mass is 9.98. The van der Waals surface area contributed by atoms with E-state index in [4.69, 9.17) is 5.73 Å². The van der Waals surface area contributed by atoms with Gasteiger partial charge in [-0.05, 0) is 35.7 Å². The lowest BCUT2D eigenvalue weighted by Gasteiger charge is -2.29. The zero-order valence-electron chi connectivity index (χ0n) is 11.9. The Hall–Kier alpha value is -1.52. The van der Waals surface area contributed by atoms with Crippen molar-refractivity contribution in [1.82, 2.24) is 4.90 Å². The first-order valence-corrected chi connectivity index (χ1v) is 8.18. The molecule has 110 valence electrons. The maximum absolute atomic E-state index is 13.5. The molecule has 0 aromatic heterocycles. The Morgan fingerprint density at radius 1 is 1.14 bits per heavy atom. The lowest BCUT2D eigenvalue weighted by Crippen LogP contribution is -2.32. The van der Waals surface area contributed by atoms with Gasteiger partial charge in [0.25, 0.3) is 0 Å². The van der Waals surface area contributed by atoms with Gasteiger partial charge in [0.15, 0.2) is 0 Å². The number of hydrogen-bond donors (Lipinski definition) is 1. The number of benzene rings is 2. The number of nitrogens with zero attached hydrogens (tertiary/aromatic N) is 1. The number of fused-ring (bicyclic) bond motifs is 1. The summed E-state index contributed by atoms with van der Waals surface area (Å²) in [5, 5.41) is 0. The number of halogens is 1. The molecule has 2 N–H and O–H groups in total. The van der Waals surface area contributed by atoms with Crippen molar-refractivity contribution in [2.45, 2.75) is 17.9 Å². The minimum absolute atomic E-state index is 0.126. The molecular weight excluding hydrogens is 283 g/mol. The summed E-state index contributed by atoms with van der Waals surface area (Å²) in [7, 11) is 0. The summed E-state index contributed by atoms with van der Waals surface area (Å²) in [6, 6.07) is 13.1. The minimum atomic E-state index is -0.126. The van der Waals surface area contributed by atoms with Crippen molar-refractivity contribution < 1.29 is 4.39 Å². The fraction of sp³-hybridized carbons (Fsp3) is 0.294. The van der Waals surface area contributed by atoms with Gasteiger partial charge in [0.2, 0.25) is 0 Å². The van der Waals surface area contributed by atoms with Crippen molar-refractivity contribution in [2.24, 2.45) is 0 Å². The minimum Gasteiger partial charge on any atom is -0.398 e. The zero-order valence-corrected chi connectivity index (χ0v) is 12.7. The molecule has 0 saturated carbocycles. The van der Waals surface area contributed by atoms with Crippen LogP contribution in [0.1, 0.15) is 11.1 Å². The van der Waals surface area contributed by atoms with Gasteiger partial charge in [-0.1, -0.05) is 24.3 Å². The van der Waals surface area contributed by atoms with Gasteiger partial charge < -0.3 is 5.73 Å². The van der Waals surface area contributed by atoms with E-state index in [9.17, 15) is 4.39 Å². The third-order valence-electron chi connectivity index (χ3n) is 3.88. The number of rotatable bonds is 4. The second-order valence-electron chi connectivity index (χ2n) is 5.29. The van der Waals surface area contributed by atoms with E-state index in [-0.39, 0.29) is 5.82 Å². The molecule has 1 aliphatic heterocycles. The second kappa shape index (κ2) is 6.50. The van der Waals surface area contributed by atoms with Crippen LogP contribution in [-0.2, 0) is 13.0 Å². The Bertz CT molecular complexity index is 630. The van der Waals surface area contributed by atoms with E-state index in [0.29, 0.717) is 0 Å². The standard InChI is InChI=1S/C17H19FN2S/c18-15-5-1-2-7-17(15)21-11-10-20-9-8-14-13(12-20)4-3-6-16(14)19/h1-7H,8-12,19H2. The van der Waals surface area contributed by atoms with Crippen LogP contribution in [0.3, 0.4) is 0 Å². The monoisotopic (exact) mass is 302 g/mol. The van der Waals surface area contributed by atoms with E-state index in [0.717, 1.165) is 42.4 Å². The molecule has 0 spiro atoms. The summed E-state index contributed by atoms with van der Waals surface area (Å²) in [6.07, 6.45) is 1.01. The van der Waals surface area contributed by atoms with Crippen LogP contribution in [0.5, 0.6) is 0 Å². The first kappa shape index (κ1) is 14.4. The van der Waals surface area contributed by atoms with Gasteiger partial charge in [-0.2, -0.15) is 0 Å². The fourth-order valence-corrected chi connectivity index (χ4v) is 3.68. The van der Waals surface area contributed by atoms with Gasteiger partial charge in [0, 0.05) is 36.0 Å². The van der Waals surface area contributed by atoms with Crippen molar-refractivity contribution >= 4 is 17.4 Å². The van der Waals surface area contributed by atoms with Crippen LogP contribution in [0.2, 0.25) is 0 Å². The fourth-order valence-electron chi connectivity index (χ4n) is 2.73. The molecule has 1 aliphatic rings. The Morgan fingerprint density at radius 2 is 2.00 bits per heavy atom. The van der Waals surface area contributed by atoms with Crippen molar-refractivity contribution in [1.29, 1.82) is 0 Å². The molecule has 0 bridgehead atoms. The Balaban J connectivity index is 1.55. The first-order valence-electron chi connectivity index (χ1n) is 7.20. The van der Waals surface area contributed by atoms with Crippen molar-refractivity contribution in [3.05, 3.63) is 59.4 Å². The molecule has 2 aromatic rings. The third kappa shape index (κ3) is 3.39. The van der Waals surface area contributed by atoms with Crippen LogP contribution >= 0.6 is 11.8 Å². The number of anilines is 1. The van der Waals surface area contributed by atoms with Crippen LogP contribution < -0.4 is 5.73 Å². The Morgan fingerprint density at radius 3 is 2.86 bits per heavy atom. The van der Waals surface area contributed by atoms with Crippen LogP contribution in [0.4, 0.5) is 10.1 Å². The van der Waals surface area contributed by atoms with Crippen LogP contribution in [0.25, 0.3) is 0 Å². The molecule has 21 heavy (non-hydrogen) atoms. The summed E-state index contributed by atoms with van der Waals surface area (Å²) in [5.41, 5.74) is 9.56. The molecule has 0 radical (unpaired) electrons. The normalized spacial score (nSPS) is 14.9. The summed E-state index contributed by atoms with van der Waals surface area (Å²) >= 11 is 1.58. The van der Waals surface area contributed by atoms with Crippen molar-refractivity contribution in [3.63, 3.8) is 0 Å². The number of hydrogen-bond acceptors (Lipinski definition) is 3. The molecule has 0 aliphatic carbocycles. The number of thioether (sulfide) groups is 1. The topological polar surface area (TPSA) is 29.3 Å². The average molecular weight is 302 g/mol. The molecule has 2 nitrogen and oxygen atoms in total. The number of nitrogens with two attached hydrogens (primary N) is 1. The van der Waals surface area contributed by atoms with Gasteiger partial charge in [-0.15, -0.1) is 11.8 Å². The second-order valence-corrected chi connectivity index (χ2v) is 6.43. The Kier molecular flexibility index (Phi) is 4.46. The molecule has 0 atom stereocenters. The summed E-state index contributed by atoms with van der Waals surface area (Å²) in [6.45, 7) is 2.94. The molecule has 0 saturated heterocycles. The van der Waals surface area contributed by atoms with E-state index in [1.807, 2.05) is 24.3 Å². The summed E-state index contributed by atoms with van der Waals surface area (Å²) in [5.74, 6) is 0.776. The maximum Gasteiger partial charge on any atom is 0.136 e. The van der Waals surface area contributed by atoms with E-state index >= 15 is 0 Å². The smallest absolute Gasteiger partial charge is 0.136 e. The highest BCUT2D eigenvalue weighted by atomic mass is 32.2. The summed E-state index contributed by atoms with van der Waals surface area (Å²) < 4.78 is 13.5. The van der Waals surface area contributed by atoms with Crippen LogP contribution in [-0.4, -0.2) is 23.7 Å². The van der Waals surface area contributed by atoms with Gasteiger partial charge in [-0.25, -0.2) is 4.39 Å². The highest BCUT2D eigenvalue weighted by Crippen LogP contribution is 2.25. The largest absolute Gasteiger partial charge is 0.398 e. The van der Waals surface area contributed by atoms with Crippen LogP contribution in [0.15, 0.2) is 47.4 Å². The first-order chi connectivity index (χ1) is 10.2. The van der Waals surface area contributed by atoms with Gasteiger partial charge in [0.1, 0.15) is 5.82 Å². The van der Waals surface area contributed by atoms with E-state index in [2.05, 4.69) is 11.0 Å². The quantitative estimate of drug-likeness (QED) is 0.692. The third-order valence-corrected chi connectivity index (χ3v) is 4.91. The van der Waals surface area contributed by atoms with E-state index in [1.54, 1.807) is 17.8 Å². The molecule has 3 rings (SSSR count). The maximum atomic E-state index is 13.5. The van der Waals surface area contributed by atoms with Crippen molar-refractivity contribution in [2.75, 3.05) is 24.6 Å². The highest BCUT2D eigenvalue weighted by Gasteiger charge is 2.17. The van der Waals surface area contributed by atoms with E-state index < -0.39 is 0 Å². The Labute approximate surface area is 129 Å². The lowest BCUT2D eigenvalue weighted by molar-refractivity contribution is 0.271. The predicted octanol–water partition coefficient (Wildman–Crippen LogP) is 3.56. The predicted molar refractivity (Wildman–Crippen MR) is 87.0 cm³/mol. The van der Waals surface area contributed by atoms with Gasteiger partial charge in [-0.3, -0.25) is 4.90 Å². The molecule has 4 heteroatoms. The average Bonchev–Trinajstić information content (AvgIpc) is 2.49. The van der Waals surface area contributed by atoms with Crippen LogP contribution in [0, 0.1) is 5.82 Å². The van der Waals surface area contributed by atoms with Gasteiger partial charge in [0.05, 0.1) is 0 Å².